The third-order valence-corrected chi connectivity index (χ3v) is 10.1. The van der Waals surface area contributed by atoms with Crippen LogP contribution in [0.4, 0.5) is 0 Å². The average molecular weight is 704 g/mol. The molecule has 258 valence electrons. The molecule has 0 saturated heterocycles. The zero-order valence-corrected chi connectivity index (χ0v) is 29.8. The summed E-state index contributed by atoms with van der Waals surface area (Å²) in [6.45, 7) is 0. The second kappa shape index (κ2) is 13.8. The molecule has 0 spiro atoms. The highest BCUT2D eigenvalue weighted by atomic mass is 16.3. The number of nitrogens with zero attached hydrogens (tertiary/aromatic N) is 3. The average Bonchev–Trinajstić information content (AvgIpc) is 3.65. The van der Waals surface area contributed by atoms with Crippen LogP contribution in [-0.4, -0.2) is 15.0 Å². The lowest BCUT2D eigenvalue weighted by Gasteiger charge is -2.13. The van der Waals surface area contributed by atoms with Crippen LogP contribution in [0.3, 0.4) is 0 Å². The van der Waals surface area contributed by atoms with Crippen molar-refractivity contribution in [3.8, 4) is 78.7 Å². The number of furan rings is 1. The highest BCUT2D eigenvalue weighted by Gasteiger charge is 2.16. The van der Waals surface area contributed by atoms with Gasteiger partial charge < -0.3 is 4.42 Å². The third kappa shape index (κ3) is 6.26. The summed E-state index contributed by atoms with van der Waals surface area (Å²) in [6, 6.07) is 69.4. The minimum atomic E-state index is 0.621. The molecule has 0 atom stereocenters. The molecule has 0 N–H and O–H groups in total. The van der Waals surface area contributed by atoms with Crippen LogP contribution in [-0.2, 0) is 0 Å². The van der Waals surface area contributed by atoms with Crippen molar-refractivity contribution in [1.82, 2.24) is 15.0 Å². The molecule has 0 aliphatic rings. The summed E-state index contributed by atoms with van der Waals surface area (Å²) < 4.78 is 6.29. The Morgan fingerprint density at radius 1 is 0.255 bits per heavy atom. The van der Waals surface area contributed by atoms with E-state index in [0.29, 0.717) is 17.5 Å². The fourth-order valence-electron chi connectivity index (χ4n) is 7.36. The predicted molar refractivity (Wildman–Crippen MR) is 225 cm³/mol. The summed E-state index contributed by atoms with van der Waals surface area (Å²) in [5.41, 5.74) is 13.5. The molecule has 8 aromatic carbocycles. The molecule has 2 heterocycles. The number of hydrogen-bond donors (Lipinski definition) is 0. The van der Waals surface area contributed by atoms with E-state index in [4.69, 9.17) is 19.4 Å². The summed E-state index contributed by atoms with van der Waals surface area (Å²) in [6.07, 6.45) is 0. The Labute approximate surface area is 319 Å². The van der Waals surface area contributed by atoms with Gasteiger partial charge in [-0.1, -0.05) is 164 Å². The summed E-state index contributed by atoms with van der Waals surface area (Å²) in [7, 11) is 0. The second-order valence-corrected chi connectivity index (χ2v) is 13.6. The van der Waals surface area contributed by atoms with Crippen LogP contribution < -0.4 is 0 Å². The van der Waals surface area contributed by atoms with E-state index in [-0.39, 0.29) is 0 Å². The first-order valence-electron chi connectivity index (χ1n) is 18.4. The first-order chi connectivity index (χ1) is 27.2. The van der Waals surface area contributed by atoms with Crippen molar-refractivity contribution < 1.29 is 4.42 Å². The van der Waals surface area contributed by atoms with Crippen molar-refractivity contribution in [3.05, 3.63) is 200 Å². The maximum absolute atomic E-state index is 6.29. The van der Waals surface area contributed by atoms with Crippen molar-refractivity contribution in [2.75, 3.05) is 0 Å². The molecule has 0 bridgehead atoms. The first kappa shape index (κ1) is 32.2. The molecule has 2 aromatic heterocycles. The van der Waals surface area contributed by atoms with Crippen molar-refractivity contribution >= 4 is 21.9 Å². The fourth-order valence-corrected chi connectivity index (χ4v) is 7.36. The van der Waals surface area contributed by atoms with E-state index in [2.05, 4.69) is 146 Å². The minimum Gasteiger partial charge on any atom is -0.456 e. The van der Waals surface area contributed by atoms with Crippen LogP contribution in [0.15, 0.2) is 205 Å². The lowest BCUT2D eigenvalue weighted by Crippen LogP contribution is -2.01. The van der Waals surface area contributed by atoms with Gasteiger partial charge in [0.1, 0.15) is 11.2 Å². The Morgan fingerprint density at radius 2 is 0.691 bits per heavy atom. The van der Waals surface area contributed by atoms with Crippen LogP contribution >= 0.6 is 0 Å². The van der Waals surface area contributed by atoms with E-state index in [1.165, 1.54) is 0 Å². The minimum absolute atomic E-state index is 0.621. The van der Waals surface area contributed by atoms with Crippen LogP contribution in [0.2, 0.25) is 0 Å². The Kier molecular flexibility index (Phi) is 8.12. The molecule has 0 fully saturated rings. The number of benzene rings is 8. The Balaban J connectivity index is 1.07. The van der Waals surface area contributed by atoms with Gasteiger partial charge in [0.15, 0.2) is 17.5 Å². The Hall–Kier alpha value is -7.43. The molecule has 4 heteroatoms. The molecule has 0 unspecified atom stereocenters. The molecule has 0 radical (unpaired) electrons. The first-order valence-corrected chi connectivity index (χ1v) is 18.4. The van der Waals surface area contributed by atoms with Crippen molar-refractivity contribution in [3.63, 3.8) is 0 Å². The van der Waals surface area contributed by atoms with Crippen molar-refractivity contribution in [1.29, 1.82) is 0 Å². The van der Waals surface area contributed by atoms with Crippen LogP contribution in [0.1, 0.15) is 0 Å². The monoisotopic (exact) mass is 703 g/mol. The lowest BCUT2D eigenvalue weighted by atomic mass is 9.92. The van der Waals surface area contributed by atoms with E-state index >= 15 is 0 Å². The highest BCUT2D eigenvalue weighted by Crippen LogP contribution is 2.37. The van der Waals surface area contributed by atoms with Gasteiger partial charge in [-0.2, -0.15) is 0 Å². The Morgan fingerprint density at radius 3 is 1.36 bits per heavy atom. The van der Waals surface area contributed by atoms with E-state index in [1.54, 1.807) is 0 Å². The van der Waals surface area contributed by atoms with Gasteiger partial charge in [-0.25, -0.2) is 15.0 Å². The number of rotatable bonds is 7. The smallest absolute Gasteiger partial charge is 0.164 e. The topological polar surface area (TPSA) is 51.8 Å². The van der Waals surface area contributed by atoms with E-state index in [9.17, 15) is 0 Å². The van der Waals surface area contributed by atoms with E-state index in [0.717, 1.165) is 83.1 Å². The summed E-state index contributed by atoms with van der Waals surface area (Å²) >= 11 is 0. The summed E-state index contributed by atoms with van der Waals surface area (Å²) in [4.78, 5) is 15.2. The van der Waals surface area contributed by atoms with Gasteiger partial charge >= 0.3 is 0 Å². The quantitative estimate of drug-likeness (QED) is 0.166. The number of aromatic nitrogens is 3. The van der Waals surface area contributed by atoms with Gasteiger partial charge in [0.25, 0.3) is 0 Å². The summed E-state index contributed by atoms with van der Waals surface area (Å²) in [5.74, 6) is 1.89. The maximum Gasteiger partial charge on any atom is 0.164 e. The molecule has 55 heavy (non-hydrogen) atoms. The zero-order chi connectivity index (χ0) is 36.6. The molecule has 4 nitrogen and oxygen atoms in total. The number of fused-ring (bicyclic) bond motifs is 3. The van der Waals surface area contributed by atoms with Gasteiger partial charge in [-0.05, 0) is 80.9 Å². The normalized spacial score (nSPS) is 11.3. The summed E-state index contributed by atoms with van der Waals surface area (Å²) in [5, 5.41) is 2.25. The second-order valence-electron chi connectivity index (χ2n) is 13.6. The molecule has 0 aliphatic carbocycles. The van der Waals surface area contributed by atoms with Crippen molar-refractivity contribution in [2.24, 2.45) is 0 Å². The van der Waals surface area contributed by atoms with E-state index in [1.807, 2.05) is 54.6 Å². The van der Waals surface area contributed by atoms with E-state index < -0.39 is 0 Å². The molecule has 0 aliphatic heterocycles. The Bertz CT molecular complexity index is 2950. The number of para-hydroxylation sites is 1. The van der Waals surface area contributed by atoms with Gasteiger partial charge in [0.05, 0.1) is 0 Å². The zero-order valence-electron chi connectivity index (χ0n) is 29.8. The molecule has 10 aromatic rings. The van der Waals surface area contributed by atoms with Crippen LogP contribution in [0.5, 0.6) is 0 Å². The van der Waals surface area contributed by atoms with Crippen molar-refractivity contribution in [2.45, 2.75) is 0 Å². The SMILES string of the molecule is c1ccc(-c2cc(-c3ccc(-c4nc(-c5ccccc5)nc(-c5ccccc5-c5ccccc5)n4)cc3)cc(-c3ccc4c(c3)oc3ccccc34)c2)cc1. The van der Waals surface area contributed by atoms with Gasteiger partial charge in [-0.3, -0.25) is 0 Å². The molecule has 0 saturated carbocycles. The maximum atomic E-state index is 6.29. The van der Waals surface area contributed by atoms with Crippen LogP contribution in [0.25, 0.3) is 101 Å². The molecule has 10 rings (SSSR count). The predicted octanol–water partition coefficient (Wildman–Crippen LogP) is 13.4. The highest BCUT2D eigenvalue weighted by molar-refractivity contribution is 6.06. The lowest BCUT2D eigenvalue weighted by molar-refractivity contribution is 0.669. The third-order valence-electron chi connectivity index (χ3n) is 10.1. The number of hydrogen-bond acceptors (Lipinski definition) is 4. The molecular weight excluding hydrogens is 671 g/mol. The molecule has 0 amide bonds. The largest absolute Gasteiger partial charge is 0.456 e. The standard InChI is InChI=1S/C51H33N3O/c1-4-14-34(15-5-1)40-30-41(32-42(31-40)39-28-29-45-44-21-12-13-23-47(44)55-48(45)33-39)35-24-26-38(27-25-35)50-52-49(37-18-8-3-9-19-37)53-51(54-50)46-22-11-10-20-43(46)36-16-6-2-7-17-36/h1-33H. The van der Waals surface area contributed by atoms with Gasteiger partial charge in [0, 0.05) is 27.5 Å². The van der Waals surface area contributed by atoms with Gasteiger partial charge in [-0.15, -0.1) is 0 Å². The molecular formula is C51H33N3O. The van der Waals surface area contributed by atoms with Crippen LogP contribution in [0, 0.1) is 0 Å². The fraction of sp³-hybridized carbons (Fsp3) is 0. The van der Waals surface area contributed by atoms with Gasteiger partial charge in [0.2, 0.25) is 0 Å².